The first-order valence-corrected chi connectivity index (χ1v) is 10.2. The highest BCUT2D eigenvalue weighted by Gasteiger charge is 2.47. The maximum atomic E-state index is 13.1. The summed E-state index contributed by atoms with van der Waals surface area (Å²) in [5.41, 5.74) is 2.55. The van der Waals surface area contributed by atoms with Gasteiger partial charge >= 0.3 is 6.03 Å². The number of fused-ring (bicyclic) bond motifs is 1. The van der Waals surface area contributed by atoms with E-state index in [1.807, 2.05) is 12.1 Å². The number of carbonyl (C=O) groups excluding carboxylic acids is 2. The van der Waals surface area contributed by atoms with Crippen molar-refractivity contribution in [3.63, 3.8) is 0 Å². The number of hydrogen-bond acceptors (Lipinski definition) is 3. The van der Waals surface area contributed by atoms with Crippen LogP contribution in [0.5, 0.6) is 0 Å². The molecule has 0 spiro atoms. The van der Waals surface area contributed by atoms with E-state index in [4.69, 9.17) is 4.98 Å². The second kappa shape index (κ2) is 6.83. The molecule has 150 valence electrons. The minimum atomic E-state index is -0.473. The van der Waals surface area contributed by atoms with Crippen molar-refractivity contribution in [1.29, 1.82) is 0 Å². The van der Waals surface area contributed by atoms with Crippen LogP contribution in [0.25, 0.3) is 0 Å². The Kier molecular flexibility index (Phi) is 4.26. The zero-order valence-electron chi connectivity index (χ0n) is 16.1. The molecule has 2 saturated carbocycles. The van der Waals surface area contributed by atoms with E-state index in [1.54, 1.807) is 4.90 Å². The highest BCUT2D eigenvalue weighted by Crippen LogP contribution is 2.45. The van der Waals surface area contributed by atoms with Crippen LogP contribution in [0.4, 0.5) is 14.9 Å². The predicted molar refractivity (Wildman–Crippen MR) is 106 cm³/mol. The van der Waals surface area contributed by atoms with Gasteiger partial charge in [0.25, 0.3) is 5.91 Å². The molecule has 1 aliphatic heterocycles. The van der Waals surface area contributed by atoms with E-state index in [9.17, 15) is 14.0 Å². The lowest BCUT2D eigenvalue weighted by atomic mass is 10.0. The van der Waals surface area contributed by atoms with E-state index in [2.05, 4.69) is 10.6 Å². The SMILES string of the molecule is O=C(NC1(c2ccc3c(n2)CCCN3C(=O)NC2CC2)CC1)c1ccc(F)cc1. The molecule has 29 heavy (non-hydrogen) atoms. The number of carbonyl (C=O) groups is 2. The smallest absolute Gasteiger partial charge is 0.322 e. The quantitative estimate of drug-likeness (QED) is 0.836. The van der Waals surface area contributed by atoms with Crippen LogP contribution in [0.2, 0.25) is 0 Å². The first kappa shape index (κ1) is 18.1. The second-order valence-electron chi connectivity index (χ2n) is 8.18. The van der Waals surface area contributed by atoms with Gasteiger partial charge in [-0.05, 0) is 74.9 Å². The van der Waals surface area contributed by atoms with Crippen LogP contribution in [-0.2, 0) is 12.0 Å². The number of nitrogens with one attached hydrogen (secondary N) is 2. The van der Waals surface area contributed by atoms with E-state index < -0.39 is 5.54 Å². The normalized spacial score (nSPS) is 19.3. The molecule has 2 aromatic rings. The Labute approximate surface area is 168 Å². The van der Waals surface area contributed by atoms with E-state index in [-0.39, 0.29) is 17.8 Å². The van der Waals surface area contributed by atoms with Crippen LogP contribution in [0, 0.1) is 5.82 Å². The molecule has 0 saturated heterocycles. The van der Waals surface area contributed by atoms with Gasteiger partial charge in [0, 0.05) is 18.2 Å². The van der Waals surface area contributed by atoms with E-state index in [0.29, 0.717) is 18.2 Å². The number of rotatable bonds is 4. The number of amides is 3. The number of benzene rings is 1. The van der Waals surface area contributed by atoms with Crippen molar-refractivity contribution < 1.29 is 14.0 Å². The van der Waals surface area contributed by atoms with Gasteiger partial charge in [0.2, 0.25) is 0 Å². The maximum Gasteiger partial charge on any atom is 0.322 e. The summed E-state index contributed by atoms with van der Waals surface area (Å²) in [6.07, 6.45) is 5.43. The van der Waals surface area contributed by atoms with Crippen molar-refractivity contribution in [3.05, 3.63) is 59.2 Å². The van der Waals surface area contributed by atoms with Gasteiger partial charge in [0.15, 0.2) is 0 Å². The van der Waals surface area contributed by atoms with E-state index in [1.165, 1.54) is 24.3 Å². The van der Waals surface area contributed by atoms with Gasteiger partial charge in [0.1, 0.15) is 5.82 Å². The molecule has 0 radical (unpaired) electrons. The number of urea groups is 1. The first-order chi connectivity index (χ1) is 14.0. The summed E-state index contributed by atoms with van der Waals surface area (Å²) in [6.45, 7) is 0.693. The standard InChI is InChI=1S/C22H23FN4O2/c23-15-5-3-14(4-6-15)20(28)26-22(11-12-22)19-10-9-18-17(25-19)2-1-13-27(18)21(29)24-16-7-8-16/h3-6,9-10,16H,1-2,7-8,11-13H2,(H,24,29)(H,26,28). The third kappa shape index (κ3) is 3.57. The number of anilines is 1. The fourth-order valence-corrected chi connectivity index (χ4v) is 3.87. The molecule has 3 amide bonds. The van der Waals surface area contributed by atoms with Crippen LogP contribution in [0.15, 0.2) is 36.4 Å². The Morgan fingerprint density at radius 2 is 1.86 bits per heavy atom. The van der Waals surface area contributed by atoms with E-state index in [0.717, 1.165) is 55.6 Å². The molecular formula is C22H23FN4O2. The highest BCUT2D eigenvalue weighted by molar-refractivity contribution is 5.95. The third-order valence-corrected chi connectivity index (χ3v) is 5.89. The number of pyridine rings is 1. The lowest BCUT2D eigenvalue weighted by Crippen LogP contribution is -2.44. The minimum Gasteiger partial charge on any atom is -0.341 e. The number of nitrogens with zero attached hydrogens (tertiary/aromatic N) is 2. The summed E-state index contributed by atoms with van der Waals surface area (Å²) in [4.78, 5) is 31.8. The molecule has 6 nitrogen and oxygen atoms in total. The second-order valence-corrected chi connectivity index (χ2v) is 8.18. The van der Waals surface area contributed by atoms with Gasteiger partial charge < -0.3 is 10.6 Å². The molecule has 1 aromatic heterocycles. The molecule has 0 bridgehead atoms. The fourth-order valence-electron chi connectivity index (χ4n) is 3.87. The topological polar surface area (TPSA) is 74.3 Å². The van der Waals surface area contributed by atoms with E-state index >= 15 is 0 Å². The van der Waals surface area contributed by atoms with Crippen molar-refractivity contribution in [2.45, 2.75) is 50.1 Å². The lowest BCUT2D eigenvalue weighted by Gasteiger charge is -2.30. The molecule has 2 N–H and O–H groups in total. The van der Waals surface area contributed by atoms with Crippen LogP contribution in [0.1, 0.15) is 53.8 Å². The third-order valence-electron chi connectivity index (χ3n) is 5.89. The minimum absolute atomic E-state index is 0.0475. The van der Waals surface area contributed by atoms with Gasteiger partial charge in [0.05, 0.1) is 22.6 Å². The van der Waals surface area contributed by atoms with Crippen LogP contribution >= 0.6 is 0 Å². The zero-order chi connectivity index (χ0) is 20.0. The van der Waals surface area contributed by atoms with Gasteiger partial charge in [-0.1, -0.05) is 0 Å². The largest absolute Gasteiger partial charge is 0.341 e. The summed E-state index contributed by atoms with van der Waals surface area (Å²) in [5.74, 6) is -0.596. The lowest BCUT2D eigenvalue weighted by molar-refractivity contribution is 0.0929. The van der Waals surface area contributed by atoms with Crippen LogP contribution in [-0.4, -0.2) is 29.5 Å². The van der Waals surface area contributed by atoms with Gasteiger partial charge in [-0.15, -0.1) is 0 Å². The summed E-state index contributed by atoms with van der Waals surface area (Å²) in [5, 5.41) is 6.12. The molecule has 2 heterocycles. The molecule has 0 unspecified atom stereocenters. The first-order valence-electron chi connectivity index (χ1n) is 10.2. The number of hydrogen-bond donors (Lipinski definition) is 2. The fraction of sp³-hybridized carbons (Fsp3) is 0.409. The Bertz CT molecular complexity index is 967. The van der Waals surface area contributed by atoms with Crippen molar-refractivity contribution in [3.8, 4) is 0 Å². The summed E-state index contributed by atoms with van der Waals surface area (Å²) in [7, 11) is 0. The predicted octanol–water partition coefficient (Wildman–Crippen LogP) is 3.26. The average Bonchev–Trinajstić information content (AvgIpc) is 3.65. The van der Waals surface area contributed by atoms with Crippen LogP contribution in [0.3, 0.4) is 0 Å². The Hall–Kier alpha value is -2.96. The monoisotopic (exact) mass is 394 g/mol. The van der Waals surface area contributed by atoms with Crippen LogP contribution < -0.4 is 15.5 Å². The Morgan fingerprint density at radius 3 is 2.55 bits per heavy atom. The molecule has 5 rings (SSSR count). The van der Waals surface area contributed by atoms with Gasteiger partial charge in [-0.25, -0.2) is 9.18 Å². The molecule has 7 heteroatoms. The number of aryl methyl sites for hydroxylation is 1. The zero-order valence-corrected chi connectivity index (χ0v) is 16.1. The molecule has 3 aliphatic rings. The van der Waals surface area contributed by atoms with Crippen molar-refractivity contribution in [1.82, 2.24) is 15.6 Å². The number of halogens is 1. The average molecular weight is 394 g/mol. The molecule has 2 fully saturated rings. The summed E-state index contributed by atoms with van der Waals surface area (Å²) < 4.78 is 13.1. The van der Waals surface area contributed by atoms with Gasteiger partial charge in [-0.2, -0.15) is 0 Å². The molecule has 0 atom stereocenters. The maximum absolute atomic E-state index is 13.1. The summed E-state index contributed by atoms with van der Waals surface area (Å²) >= 11 is 0. The van der Waals surface area contributed by atoms with Crippen molar-refractivity contribution in [2.24, 2.45) is 0 Å². The molecule has 1 aromatic carbocycles. The highest BCUT2D eigenvalue weighted by atomic mass is 19.1. The molecule has 2 aliphatic carbocycles. The molecular weight excluding hydrogens is 371 g/mol. The Morgan fingerprint density at radius 1 is 1.10 bits per heavy atom. The van der Waals surface area contributed by atoms with Crippen molar-refractivity contribution >= 4 is 17.6 Å². The van der Waals surface area contributed by atoms with Crippen molar-refractivity contribution in [2.75, 3.05) is 11.4 Å². The Balaban J connectivity index is 1.35. The van der Waals surface area contributed by atoms with Gasteiger partial charge in [-0.3, -0.25) is 14.7 Å². The summed E-state index contributed by atoms with van der Waals surface area (Å²) in [6, 6.07) is 9.67. The number of aromatic nitrogens is 1.